The first-order chi connectivity index (χ1) is 10.0. The monoisotopic (exact) mass is 303 g/mol. The Morgan fingerprint density at radius 2 is 1.76 bits per heavy atom. The van der Waals surface area contributed by atoms with Gasteiger partial charge >= 0.3 is 0 Å². The smallest absolute Gasteiger partial charge is 0.139 e. The summed E-state index contributed by atoms with van der Waals surface area (Å²) in [5, 5.41) is 0.714. The Morgan fingerprint density at radius 1 is 1.10 bits per heavy atom. The number of hydrogen-bond donors (Lipinski definition) is 1. The number of halogens is 1. The van der Waals surface area contributed by atoms with Gasteiger partial charge in [-0.15, -0.1) is 0 Å². The first-order valence-electron chi connectivity index (χ1n) is 7.26. The summed E-state index contributed by atoms with van der Waals surface area (Å²) >= 11 is 6.00. The van der Waals surface area contributed by atoms with Crippen molar-refractivity contribution >= 4 is 11.6 Å². The van der Waals surface area contributed by atoms with E-state index < -0.39 is 0 Å². The highest BCUT2D eigenvalue weighted by atomic mass is 35.5. The van der Waals surface area contributed by atoms with Crippen LogP contribution in [0, 0.1) is 13.8 Å². The minimum atomic E-state index is -0.157. The van der Waals surface area contributed by atoms with Crippen molar-refractivity contribution in [1.82, 2.24) is 0 Å². The third-order valence-corrected chi connectivity index (χ3v) is 3.89. The summed E-state index contributed by atoms with van der Waals surface area (Å²) in [5.74, 6) is 0.828. The summed E-state index contributed by atoms with van der Waals surface area (Å²) < 4.78 is 6.20. The molecule has 0 aliphatic heterocycles. The van der Waals surface area contributed by atoms with Gasteiger partial charge < -0.3 is 10.5 Å². The summed E-state index contributed by atoms with van der Waals surface area (Å²) in [6.07, 6.45) is 0.695. The van der Waals surface area contributed by atoms with E-state index in [0.717, 1.165) is 23.3 Å². The third-order valence-electron chi connectivity index (χ3n) is 3.66. The van der Waals surface area contributed by atoms with Crippen LogP contribution in [0.3, 0.4) is 0 Å². The Kier molecular flexibility index (Phi) is 5.27. The van der Waals surface area contributed by atoms with E-state index in [1.165, 1.54) is 5.56 Å². The van der Waals surface area contributed by atoms with E-state index in [1.54, 1.807) is 0 Å². The predicted molar refractivity (Wildman–Crippen MR) is 89.0 cm³/mol. The maximum absolute atomic E-state index is 6.26. The van der Waals surface area contributed by atoms with Crippen LogP contribution in [0.15, 0.2) is 42.5 Å². The lowest BCUT2D eigenvalue weighted by Gasteiger charge is -2.25. The number of ether oxygens (including phenoxy) is 1. The van der Waals surface area contributed by atoms with Crippen LogP contribution in [0.2, 0.25) is 5.02 Å². The Morgan fingerprint density at radius 3 is 2.33 bits per heavy atom. The molecular weight excluding hydrogens is 282 g/mol. The summed E-state index contributed by atoms with van der Waals surface area (Å²) in [6.45, 7) is 6.14. The summed E-state index contributed by atoms with van der Waals surface area (Å²) in [6, 6.07) is 13.9. The van der Waals surface area contributed by atoms with Crippen LogP contribution in [0.1, 0.15) is 36.1 Å². The zero-order valence-electron chi connectivity index (χ0n) is 12.8. The van der Waals surface area contributed by atoms with Crippen molar-refractivity contribution in [2.75, 3.05) is 0 Å². The molecule has 0 radical (unpaired) electrons. The molecule has 2 rings (SSSR count). The number of aryl methyl sites for hydroxylation is 2. The van der Waals surface area contributed by atoms with Crippen molar-refractivity contribution in [2.24, 2.45) is 5.73 Å². The lowest BCUT2D eigenvalue weighted by atomic mass is 9.99. The highest BCUT2D eigenvalue weighted by Crippen LogP contribution is 2.29. The van der Waals surface area contributed by atoms with Crippen LogP contribution in [0.4, 0.5) is 0 Å². The molecule has 0 bridgehead atoms. The fourth-order valence-electron chi connectivity index (χ4n) is 2.25. The fraction of sp³-hybridized carbons (Fsp3) is 0.333. The van der Waals surface area contributed by atoms with Gasteiger partial charge in [0.05, 0.1) is 0 Å². The van der Waals surface area contributed by atoms with Gasteiger partial charge in [-0.2, -0.15) is 0 Å². The molecule has 0 saturated carbocycles. The second-order valence-electron chi connectivity index (χ2n) is 5.43. The van der Waals surface area contributed by atoms with E-state index in [4.69, 9.17) is 22.1 Å². The summed E-state index contributed by atoms with van der Waals surface area (Å²) in [5.41, 5.74) is 9.61. The second-order valence-corrected chi connectivity index (χ2v) is 5.87. The van der Waals surface area contributed by atoms with Gasteiger partial charge in [0.25, 0.3) is 0 Å². The first-order valence-corrected chi connectivity index (χ1v) is 7.64. The fourth-order valence-corrected chi connectivity index (χ4v) is 2.48. The molecule has 0 fully saturated rings. The van der Waals surface area contributed by atoms with Crippen molar-refractivity contribution < 1.29 is 4.74 Å². The van der Waals surface area contributed by atoms with E-state index in [2.05, 4.69) is 38.1 Å². The largest absolute Gasteiger partial charge is 0.484 e. The molecule has 0 aromatic heterocycles. The molecule has 112 valence electrons. The maximum Gasteiger partial charge on any atom is 0.139 e. The normalized spacial score (nSPS) is 13.8. The van der Waals surface area contributed by atoms with Gasteiger partial charge in [0.1, 0.15) is 11.9 Å². The quantitative estimate of drug-likeness (QED) is 0.860. The Hall–Kier alpha value is -1.51. The van der Waals surface area contributed by atoms with Gasteiger partial charge in [-0.1, -0.05) is 48.4 Å². The Balaban J connectivity index is 2.30. The molecule has 2 aromatic rings. The minimum absolute atomic E-state index is 0.0530. The van der Waals surface area contributed by atoms with Gasteiger partial charge in [0.15, 0.2) is 0 Å². The summed E-state index contributed by atoms with van der Waals surface area (Å²) in [4.78, 5) is 0. The van der Waals surface area contributed by atoms with Crippen LogP contribution in [-0.4, -0.2) is 6.04 Å². The minimum Gasteiger partial charge on any atom is -0.484 e. The van der Waals surface area contributed by atoms with Gasteiger partial charge in [0.2, 0.25) is 0 Å². The number of rotatable bonds is 5. The maximum atomic E-state index is 6.26. The standard InChI is InChI=1S/C18H22ClNO/c1-4-16(20)18(14-7-5-12(2)6-8-14)21-17-10-9-15(19)11-13(17)3/h5-11,16,18H,4,20H2,1-3H3. The average molecular weight is 304 g/mol. The molecule has 0 aliphatic rings. The third kappa shape index (κ3) is 3.99. The molecule has 2 unspecified atom stereocenters. The predicted octanol–water partition coefficient (Wildman–Crippen LogP) is 4.81. The van der Waals surface area contributed by atoms with Crippen LogP contribution in [-0.2, 0) is 0 Å². The molecule has 3 heteroatoms. The van der Waals surface area contributed by atoms with Crippen molar-refractivity contribution in [3.05, 3.63) is 64.2 Å². The molecule has 0 heterocycles. The van der Waals surface area contributed by atoms with Crippen LogP contribution >= 0.6 is 11.6 Å². The molecule has 0 aliphatic carbocycles. The molecule has 2 nitrogen and oxygen atoms in total. The SMILES string of the molecule is CCC(N)C(Oc1ccc(Cl)cc1C)c1ccc(C)cc1. The summed E-state index contributed by atoms with van der Waals surface area (Å²) in [7, 11) is 0. The average Bonchev–Trinajstić information content (AvgIpc) is 2.47. The van der Waals surface area contributed by atoms with E-state index >= 15 is 0 Å². The van der Waals surface area contributed by atoms with Gasteiger partial charge in [-0.05, 0) is 49.6 Å². The van der Waals surface area contributed by atoms with Crippen LogP contribution in [0.25, 0.3) is 0 Å². The highest BCUT2D eigenvalue weighted by molar-refractivity contribution is 6.30. The second kappa shape index (κ2) is 6.97. The molecule has 2 N–H and O–H groups in total. The molecule has 0 spiro atoms. The number of nitrogens with two attached hydrogens (primary N) is 1. The van der Waals surface area contributed by atoms with Crippen molar-refractivity contribution in [3.8, 4) is 5.75 Å². The Bertz CT molecular complexity index is 595. The highest BCUT2D eigenvalue weighted by Gasteiger charge is 2.21. The lowest BCUT2D eigenvalue weighted by molar-refractivity contribution is 0.170. The van der Waals surface area contributed by atoms with Gasteiger partial charge in [-0.3, -0.25) is 0 Å². The molecular formula is C18H22ClNO. The van der Waals surface area contributed by atoms with E-state index in [0.29, 0.717) is 5.02 Å². The zero-order chi connectivity index (χ0) is 15.4. The molecule has 0 saturated heterocycles. The molecule has 0 amide bonds. The lowest BCUT2D eigenvalue weighted by Crippen LogP contribution is -2.31. The number of benzene rings is 2. The molecule has 21 heavy (non-hydrogen) atoms. The van der Waals surface area contributed by atoms with Crippen molar-refractivity contribution in [1.29, 1.82) is 0 Å². The van der Waals surface area contributed by atoms with Crippen LogP contribution in [0.5, 0.6) is 5.75 Å². The van der Waals surface area contributed by atoms with E-state index in [-0.39, 0.29) is 12.1 Å². The van der Waals surface area contributed by atoms with Crippen molar-refractivity contribution in [2.45, 2.75) is 39.3 Å². The molecule has 2 aromatic carbocycles. The van der Waals surface area contributed by atoms with E-state index in [1.807, 2.05) is 25.1 Å². The zero-order valence-corrected chi connectivity index (χ0v) is 13.5. The number of hydrogen-bond acceptors (Lipinski definition) is 2. The van der Waals surface area contributed by atoms with E-state index in [9.17, 15) is 0 Å². The van der Waals surface area contributed by atoms with Crippen LogP contribution < -0.4 is 10.5 Å². The molecule has 2 atom stereocenters. The van der Waals surface area contributed by atoms with Gasteiger partial charge in [-0.25, -0.2) is 0 Å². The van der Waals surface area contributed by atoms with Gasteiger partial charge in [0, 0.05) is 11.1 Å². The van der Waals surface area contributed by atoms with Crippen molar-refractivity contribution in [3.63, 3.8) is 0 Å². The Labute approximate surface area is 131 Å². The topological polar surface area (TPSA) is 35.2 Å². The first kappa shape index (κ1) is 15.9.